The molecule has 1 saturated heterocycles. The predicted molar refractivity (Wildman–Crippen MR) is 74.4 cm³/mol. The van der Waals surface area contributed by atoms with Crippen LogP contribution in [-0.2, 0) is 22.6 Å². The Kier molecular flexibility index (Phi) is 5.09. The van der Waals surface area contributed by atoms with Gasteiger partial charge in [0.05, 0.1) is 6.61 Å². The van der Waals surface area contributed by atoms with E-state index >= 15 is 0 Å². The van der Waals surface area contributed by atoms with E-state index in [1.165, 1.54) is 12.1 Å². The van der Waals surface area contributed by atoms with Gasteiger partial charge in [-0.1, -0.05) is 6.07 Å². The molecule has 1 unspecified atom stereocenters. The molecule has 4 nitrogen and oxygen atoms in total. The topological polar surface area (TPSA) is 55.6 Å². The molecule has 20 heavy (non-hydrogen) atoms. The van der Waals surface area contributed by atoms with Crippen LogP contribution in [0, 0.1) is 5.82 Å². The number of nitrogens with zero attached hydrogens (tertiary/aromatic N) is 1. The van der Waals surface area contributed by atoms with Crippen molar-refractivity contribution in [1.82, 2.24) is 4.90 Å². The number of rotatable bonds is 5. The van der Waals surface area contributed by atoms with E-state index in [9.17, 15) is 9.18 Å². The van der Waals surface area contributed by atoms with Gasteiger partial charge in [-0.05, 0) is 49.6 Å². The van der Waals surface area contributed by atoms with E-state index in [1.807, 2.05) is 6.92 Å². The lowest BCUT2D eigenvalue weighted by atomic mass is 10.1. The third-order valence-electron chi connectivity index (χ3n) is 3.68. The molecule has 2 N–H and O–H groups in total. The van der Waals surface area contributed by atoms with E-state index in [0.717, 1.165) is 30.5 Å². The highest BCUT2D eigenvalue weighted by atomic mass is 19.1. The van der Waals surface area contributed by atoms with Gasteiger partial charge in [0.15, 0.2) is 0 Å². The van der Waals surface area contributed by atoms with Crippen LogP contribution in [0.3, 0.4) is 0 Å². The minimum atomic E-state index is -0.280. The number of hydrogen-bond donors (Lipinski definition) is 1. The first-order valence-electron chi connectivity index (χ1n) is 7.03. The van der Waals surface area contributed by atoms with Gasteiger partial charge in [-0.15, -0.1) is 0 Å². The average Bonchev–Trinajstić information content (AvgIpc) is 2.89. The molecule has 1 aromatic rings. The number of likely N-dealkylation sites (tertiary alicyclic amines) is 1. The number of hydrogen-bond acceptors (Lipinski definition) is 4. The Labute approximate surface area is 118 Å². The summed E-state index contributed by atoms with van der Waals surface area (Å²) >= 11 is 0. The maximum atomic E-state index is 13.2. The van der Waals surface area contributed by atoms with Gasteiger partial charge in [0.2, 0.25) is 0 Å². The normalized spacial score (nSPS) is 19.2. The molecule has 1 atom stereocenters. The first kappa shape index (κ1) is 14.9. The van der Waals surface area contributed by atoms with Crippen LogP contribution in [0.25, 0.3) is 0 Å². The molecule has 1 aliphatic rings. The highest BCUT2D eigenvalue weighted by Crippen LogP contribution is 2.23. The van der Waals surface area contributed by atoms with Crippen LogP contribution in [0.15, 0.2) is 18.2 Å². The Morgan fingerprint density at radius 2 is 2.30 bits per heavy atom. The van der Waals surface area contributed by atoms with Gasteiger partial charge in [0.1, 0.15) is 11.9 Å². The molecule has 110 valence electrons. The lowest BCUT2D eigenvalue weighted by Crippen LogP contribution is -2.37. The van der Waals surface area contributed by atoms with Crippen LogP contribution < -0.4 is 5.73 Å². The fourth-order valence-electron chi connectivity index (χ4n) is 2.68. The number of nitrogens with two attached hydrogens (primary N) is 1. The van der Waals surface area contributed by atoms with E-state index in [1.54, 1.807) is 6.07 Å². The van der Waals surface area contributed by atoms with E-state index in [4.69, 9.17) is 10.5 Å². The molecule has 0 saturated carbocycles. The van der Waals surface area contributed by atoms with Crippen molar-refractivity contribution in [1.29, 1.82) is 0 Å². The summed E-state index contributed by atoms with van der Waals surface area (Å²) in [5.41, 5.74) is 7.43. The van der Waals surface area contributed by atoms with Crippen molar-refractivity contribution in [2.75, 3.05) is 13.2 Å². The van der Waals surface area contributed by atoms with Crippen molar-refractivity contribution in [2.45, 2.75) is 38.9 Å². The summed E-state index contributed by atoms with van der Waals surface area (Å²) in [5.74, 6) is -0.445. The Bertz CT molecular complexity index is 479. The smallest absolute Gasteiger partial charge is 0.323 e. The van der Waals surface area contributed by atoms with Gasteiger partial charge in [-0.2, -0.15) is 0 Å². The molecule has 2 rings (SSSR count). The lowest BCUT2D eigenvalue weighted by Gasteiger charge is -2.23. The van der Waals surface area contributed by atoms with Crippen molar-refractivity contribution in [3.8, 4) is 0 Å². The molecule has 0 aromatic heterocycles. The minimum Gasteiger partial charge on any atom is -0.465 e. The molecule has 0 aliphatic carbocycles. The van der Waals surface area contributed by atoms with E-state index in [-0.39, 0.29) is 17.8 Å². The Morgan fingerprint density at radius 1 is 1.50 bits per heavy atom. The molecular weight excluding hydrogens is 259 g/mol. The first-order valence-corrected chi connectivity index (χ1v) is 7.03. The molecule has 0 radical (unpaired) electrons. The van der Waals surface area contributed by atoms with Crippen LogP contribution in [0.2, 0.25) is 0 Å². The van der Waals surface area contributed by atoms with Crippen molar-refractivity contribution >= 4 is 5.97 Å². The van der Waals surface area contributed by atoms with Gasteiger partial charge >= 0.3 is 5.97 Å². The van der Waals surface area contributed by atoms with Gasteiger partial charge in [0.25, 0.3) is 0 Å². The largest absolute Gasteiger partial charge is 0.465 e. The molecule has 1 aliphatic heterocycles. The standard InChI is InChI=1S/C15H21FN2O2/c1-2-20-15(19)14-4-3-7-18(14)10-11-5-6-13(16)8-12(11)9-17/h5-6,8,14H,2-4,7,9-10,17H2,1H3. The van der Waals surface area contributed by atoms with Gasteiger partial charge in [0, 0.05) is 13.1 Å². The summed E-state index contributed by atoms with van der Waals surface area (Å²) in [5, 5.41) is 0. The maximum Gasteiger partial charge on any atom is 0.323 e. The summed E-state index contributed by atoms with van der Waals surface area (Å²) < 4.78 is 18.3. The third kappa shape index (κ3) is 3.35. The number of carbonyl (C=O) groups excluding carboxylic acids is 1. The van der Waals surface area contributed by atoms with Crippen molar-refractivity contribution in [3.63, 3.8) is 0 Å². The van der Waals surface area contributed by atoms with Crippen LogP contribution in [0.4, 0.5) is 4.39 Å². The zero-order chi connectivity index (χ0) is 14.5. The number of halogens is 1. The van der Waals surface area contributed by atoms with Crippen molar-refractivity contribution < 1.29 is 13.9 Å². The highest BCUT2D eigenvalue weighted by Gasteiger charge is 2.31. The van der Waals surface area contributed by atoms with E-state index < -0.39 is 0 Å². The second-order valence-electron chi connectivity index (χ2n) is 5.00. The second-order valence-corrected chi connectivity index (χ2v) is 5.00. The Morgan fingerprint density at radius 3 is 3.00 bits per heavy atom. The molecule has 0 amide bonds. The van der Waals surface area contributed by atoms with Crippen molar-refractivity contribution in [3.05, 3.63) is 35.1 Å². The van der Waals surface area contributed by atoms with E-state index in [2.05, 4.69) is 4.90 Å². The summed E-state index contributed by atoms with van der Waals surface area (Å²) in [6.07, 6.45) is 1.79. The molecule has 0 bridgehead atoms. The van der Waals surface area contributed by atoms with Crippen LogP contribution in [-0.4, -0.2) is 30.1 Å². The zero-order valence-electron chi connectivity index (χ0n) is 11.8. The van der Waals surface area contributed by atoms with E-state index in [0.29, 0.717) is 19.7 Å². The SMILES string of the molecule is CCOC(=O)C1CCCN1Cc1ccc(F)cc1CN. The number of esters is 1. The lowest BCUT2D eigenvalue weighted by molar-refractivity contribution is -0.148. The summed E-state index contributed by atoms with van der Waals surface area (Å²) in [4.78, 5) is 14.0. The van der Waals surface area contributed by atoms with Crippen LogP contribution in [0.5, 0.6) is 0 Å². The average molecular weight is 280 g/mol. The Balaban J connectivity index is 2.10. The van der Waals surface area contributed by atoms with Crippen LogP contribution >= 0.6 is 0 Å². The number of benzene rings is 1. The fourth-order valence-corrected chi connectivity index (χ4v) is 2.68. The third-order valence-corrected chi connectivity index (χ3v) is 3.68. The zero-order valence-corrected chi connectivity index (χ0v) is 11.8. The van der Waals surface area contributed by atoms with Gasteiger partial charge in [-0.3, -0.25) is 9.69 Å². The maximum absolute atomic E-state index is 13.2. The summed E-state index contributed by atoms with van der Waals surface area (Å²) in [6, 6.07) is 4.46. The Hall–Kier alpha value is -1.46. The molecule has 1 fully saturated rings. The quantitative estimate of drug-likeness (QED) is 0.836. The van der Waals surface area contributed by atoms with Gasteiger partial charge < -0.3 is 10.5 Å². The van der Waals surface area contributed by atoms with Crippen LogP contribution in [0.1, 0.15) is 30.9 Å². The molecular formula is C15H21FN2O2. The molecule has 1 heterocycles. The van der Waals surface area contributed by atoms with Crippen molar-refractivity contribution in [2.24, 2.45) is 5.73 Å². The second kappa shape index (κ2) is 6.81. The minimum absolute atomic E-state index is 0.165. The molecule has 1 aromatic carbocycles. The number of ether oxygens (including phenoxy) is 1. The fraction of sp³-hybridized carbons (Fsp3) is 0.533. The number of carbonyl (C=O) groups is 1. The summed E-state index contributed by atoms with van der Waals surface area (Å²) in [6.45, 7) is 3.96. The predicted octanol–water partition coefficient (Wildman–Crippen LogP) is 1.81. The molecule has 0 spiro atoms. The molecule has 5 heteroatoms. The first-order chi connectivity index (χ1) is 9.65. The monoisotopic (exact) mass is 280 g/mol. The highest BCUT2D eigenvalue weighted by molar-refractivity contribution is 5.76. The van der Waals surface area contributed by atoms with Gasteiger partial charge in [-0.25, -0.2) is 4.39 Å². The summed E-state index contributed by atoms with van der Waals surface area (Å²) in [7, 11) is 0.